The Balaban J connectivity index is 1.73. The number of rotatable bonds is 3. The van der Waals surface area contributed by atoms with Gasteiger partial charge in [0.05, 0.1) is 5.69 Å². The SMILES string of the molecule is CN1CCc2nc(NC(=O)C3(C(=O)N(C)C)CC3)sc2C1. The van der Waals surface area contributed by atoms with E-state index < -0.39 is 5.41 Å². The average Bonchev–Trinajstić information content (AvgIpc) is 3.14. The molecule has 2 amide bonds. The number of hydrogen-bond acceptors (Lipinski definition) is 5. The van der Waals surface area contributed by atoms with Gasteiger partial charge in [-0.05, 0) is 19.9 Å². The number of carbonyl (C=O) groups excluding carboxylic acids is 2. The van der Waals surface area contributed by atoms with E-state index in [9.17, 15) is 9.59 Å². The highest BCUT2D eigenvalue weighted by molar-refractivity contribution is 7.15. The van der Waals surface area contributed by atoms with Crippen LogP contribution in [0.4, 0.5) is 5.13 Å². The third kappa shape index (κ3) is 2.55. The smallest absolute Gasteiger partial charge is 0.241 e. The number of fused-ring (bicyclic) bond motifs is 1. The first-order valence-corrected chi connectivity index (χ1v) is 7.94. The monoisotopic (exact) mass is 308 g/mol. The number of nitrogens with one attached hydrogen (secondary N) is 1. The van der Waals surface area contributed by atoms with Gasteiger partial charge in [0.25, 0.3) is 0 Å². The highest BCUT2D eigenvalue weighted by atomic mass is 32.1. The van der Waals surface area contributed by atoms with Gasteiger partial charge in [-0.15, -0.1) is 11.3 Å². The largest absolute Gasteiger partial charge is 0.348 e. The van der Waals surface area contributed by atoms with Crippen LogP contribution in [-0.4, -0.2) is 54.3 Å². The molecule has 1 aromatic rings. The molecule has 0 spiro atoms. The molecule has 1 fully saturated rings. The Hall–Kier alpha value is -1.47. The number of carbonyl (C=O) groups is 2. The summed E-state index contributed by atoms with van der Waals surface area (Å²) in [6, 6.07) is 0. The number of nitrogens with zero attached hydrogens (tertiary/aromatic N) is 3. The van der Waals surface area contributed by atoms with Crippen LogP contribution in [0.15, 0.2) is 0 Å². The van der Waals surface area contributed by atoms with E-state index in [1.165, 1.54) is 21.1 Å². The molecule has 114 valence electrons. The lowest BCUT2D eigenvalue weighted by Gasteiger charge is -2.20. The summed E-state index contributed by atoms with van der Waals surface area (Å²) in [5.41, 5.74) is 0.226. The van der Waals surface area contributed by atoms with Crippen molar-refractivity contribution in [2.24, 2.45) is 5.41 Å². The molecule has 0 bridgehead atoms. The molecule has 1 aliphatic heterocycles. The van der Waals surface area contributed by atoms with Crippen LogP contribution < -0.4 is 5.32 Å². The summed E-state index contributed by atoms with van der Waals surface area (Å²) in [5, 5.41) is 3.48. The van der Waals surface area contributed by atoms with E-state index in [2.05, 4.69) is 22.2 Å². The van der Waals surface area contributed by atoms with E-state index in [0.29, 0.717) is 18.0 Å². The number of aromatic nitrogens is 1. The van der Waals surface area contributed by atoms with Crippen LogP contribution >= 0.6 is 11.3 Å². The van der Waals surface area contributed by atoms with Gasteiger partial charge in [0, 0.05) is 38.5 Å². The summed E-state index contributed by atoms with van der Waals surface area (Å²) in [5.74, 6) is -0.318. The molecule has 0 unspecified atom stereocenters. The van der Waals surface area contributed by atoms with E-state index in [-0.39, 0.29) is 11.8 Å². The maximum absolute atomic E-state index is 12.4. The van der Waals surface area contributed by atoms with Gasteiger partial charge < -0.3 is 15.1 Å². The summed E-state index contributed by atoms with van der Waals surface area (Å²) in [4.78, 5) is 34.0. The summed E-state index contributed by atoms with van der Waals surface area (Å²) in [6.07, 6.45) is 2.17. The van der Waals surface area contributed by atoms with Gasteiger partial charge in [-0.3, -0.25) is 9.59 Å². The molecule has 6 nitrogen and oxygen atoms in total. The van der Waals surface area contributed by atoms with Crippen molar-refractivity contribution in [3.8, 4) is 0 Å². The van der Waals surface area contributed by atoms with Crippen LogP contribution in [-0.2, 0) is 22.6 Å². The quantitative estimate of drug-likeness (QED) is 0.844. The Morgan fingerprint density at radius 3 is 2.71 bits per heavy atom. The van der Waals surface area contributed by atoms with E-state index >= 15 is 0 Å². The van der Waals surface area contributed by atoms with E-state index in [0.717, 1.165) is 25.2 Å². The predicted octanol–water partition coefficient (Wildman–Crippen LogP) is 0.938. The Kier molecular flexibility index (Phi) is 3.49. The number of thiazole rings is 1. The molecular weight excluding hydrogens is 288 g/mol. The molecule has 0 aromatic carbocycles. The lowest BCUT2D eigenvalue weighted by molar-refractivity contribution is -0.140. The zero-order chi connectivity index (χ0) is 15.2. The lowest BCUT2D eigenvalue weighted by Crippen LogP contribution is -2.39. The lowest BCUT2D eigenvalue weighted by atomic mass is 10.1. The Morgan fingerprint density at radius 1 is 1.38 bits per heavy atom. The van der Waals surface area contributed by atoms with E-state index in [1.54, 1.807) is 14.1 Å². The van der Waals surface area contributed by atoms with Gasteiger partial charge in [-0.2, -0.15) is 0 Å². The fourth-order valence-electron chi connectivity index (χ4n) is 2.68. The number of amides is 2. The minimum Gasteiger partial charge on any atom is -0.348 e. The normalized spacial score (nSPS) is 19.8. The van der Waals surface area contributed by atoms with Crippen LogP contribution in [0.3, 0.4) is 0 Å². The fraction of sp³-hybridized carbons (Fsp3) is 0.643. The van der Waals surface area contributed by atoms with Crippen molar-refractivity contribution >= 4 is 28.3 Å². The maximum atomic E-state index is 12.4. The Labute approximate surface area is 128 Å². The summed E-state index contributed by atoms with van der Waals surface area (Å²) in [6.45, 7) is 1.87. The molecule has 21 heavy (non-hydrogen) atoms. The molecule has 1 aliphatic carbocycles. The van der Waals surface area contributed by atoms with Gasteiger partial charge in [0.15, 0.2) is 5.13 Å². The predicted molar refractivity (Wildman–Crippen MR) is 81.1 cm³/mol. The third-order valence-corrected chi connectivity index (χ3v) is 5.14. The Morgan fingerprint density at radius 2 is 2.10 bits per heavy atom. The molecule has 7 heteroatoms. The van der Waals surface area contributed by atoms with Crippen LogP contribution in [0.2, 0.25) is 0 Å². The zero-order valence-corrected chi connectivity index (χ0v) is 13.4. The summed E-state index contributed by atoms with van der Waals surface area (Å²) >= 11 is 1.52. The second-order valence-electron chi connectivity index (χ2n) is 6.11. The van der Waals surface area contributed by atoms with Crippen LogP contribution in [0.5, 0.6) is 0 Å². The van der Waals surface area contributed by atoms with Crippen LogP contribution in [0.25, 0.3) is 0 Å². The van der Waals surface area contributed by atoms with Crippen molar-refractivity contribution in [3.05, 3.63) is 10.6 Å². The van der Waals surface area contributed by atoms with Gasteiger partial charge >= 0.3 is 0 Å². The van der Waals surface area contributed by atoms with Gasteiger partial charge in [0.1, 0.15) is 5.41 Å². The number of anilines is 1. The van der Waals surface area contributed by atoms with Crippen molar-refractivity contribution in [3.63, 3.8) is 0 Å². The molecule has 1 N–H and O–H groups in total. The molecule has 2 heterocycles. The van der Waals surface area contributed by atoms with E-state index in [1.807, 2.05) is 0 Å². The zero-order valence-electron chi connectivity index (χ0n) is 12.6. The van der Waals surface area contributed by atoms with Gasteiger partial charge in [0.2, 0.25) is 11.8 Å². The third-order valence-electron chi connectivity index (χ3n) is 4.14. The molecule has 0 atom stereocenters. The van der Waals surface area contributed by atoms with Gasteiger partial charge in [-0.25, -0.2) is 4.98 Å². The van der Waals surface area contributed by atoms with E-state index in [4.69, 9.17) is 0 Å². The van der Waals surface area contributed by atoms with Crippen LogP contribution in [0.1, 0.15) is 23.4 Å². The molecular formula is C14H20N4O2S. The van der Waals surface area contributed by atoms with Gasteiger partial charge in [-0.1, -0.05) is 0 Å². The standard InChI is InChI=1S/C14H20N4O2S/c1-17(2)12(20)14(5-6-14)11(19)16-13-15-9-4-7-18(3)8-10(9)21-13/h4-8H2,1-3H3,(H,15,16,19). The fourth-order valence-corrected chi connectivity index (χ4v) is 3.77. The molecule has 1 saturated carbocycles. The highest BCUT2D eigenvalue weighted by Gasteiger charge is 2.57. The van der Waals surface area contributed by atoms with Crippen molar-refractivity contribution in [2.75, 3.05) is 33.0 Å². The molecule has 0 radical (unpaired) electrons. The second-order valence-corrected chi connectivity index (χ2v) is 7.20. The first-order chi connectivity index (χ1) is 9.92. The molecule has 3 rings (SSSR count). The topological polar surface area (TPSA) is 65.5 Å². The van der Waals surface area contributed by atoms with Crippen molar-refractivity contribution in [2.45, 2.75) is 25.8 Å². The molecule has 2 aliphatic rings. The first kappa shape index (κ1) is 14.5. The Bertz CT molecular complexity index is 592. The maximum Gasteiger partial charge on any atom is 0.241 e. The average molecular weight is 308 g/mol. The number of hydrogen-bond donors (Lipinski definition) is 1. The minimum atomic E-state index is -0.855. The summed E-state index contributed by atoms with van der Waals surface area (Å²) in [7, 11) is 5.46. The minimum absolute atomic E-state index is 0.110. The molecule has 0 saturated heterocycles. The second kappa shape index (κ2) is 5.06. The van der Waals surface area contributed by atoms with Crippen molar-refractivity contribution in [1.29, 1.82) is 0 Å². The highest BCUT2D eigenvalue weighted by Crippen LogP contribution is 2.48. The first-order valence-electron chi connectivity index (χ1n) is 7.13. The summed E-state index contributed by atoms with van der Waals surface area (Å²) < 4.78 is 0. The van der Waals surface area contributed by atoms with Crippen molar-refractivity contribution in [1.82, 2.24) is 14.8 Å². The molecule has 1 aromatic heterocycles. The van der Waals surface area contributed by atoms with Crippen LogP contribution in [0, 0.1) is 5.41 Å². The van der Waals surface area contributed by atoms with Crippen molar-refractivity contribution < 1.29 is 9.59 Å². The number of likely N-dealkylation sites (N-methyl/N-ethyl adjacent to an activating group) is 1.